The number of methoxy groups -OCH3 is 1. The molecule has 7 nitrogen and oxygen atoms in total. The second kappa shape index (κ2) is 7.68. The van der Waals surface area contributed by atoms with Crippen LogP contribution in [-0.2, 0) is 14.3 Å². The number of hydrogen-bond donors (Lipinski definition) is 0. The number of amides is 1. The van der Waals surface area contributed by atoms with Crippen LogP contribution in [0.15, 0.2) is 62.8 Å². The number of anilines is 1. The Labute approximate surface area is 191 Å². The van der Waals surface area contributed by atoms with Crippen LogP contribution in [0.5, 0.6) is 0 Å². The highest BCUT2D eigenvalue weighted by atomic mass is 32.1. The van der Waals surface area contributed by atoms with Crippen molar-refractivity contribution in [3.63, 3.8) is 0 Å². The van der Waals surface area contributed by atoms with E-state index in [2.05, 4.69) is 4.99 Å². The lowest BCUT2D eigenvalue weighted by Gasteiger charge is -2.22. The van der Waals surface area contributed by atoms with Gasteiger partial charge in [0.2, 0.25) is 0 Å². The highest BCUT2D eigenvalue weighted by Gasteiger charge is 2.37. The number of fused-ring (bicyclic) bond motifs is 2. The fourth-order valence-corrected chi connectivity index (χ4v) is 6.23. The van der Waals surface area contributed by atoms with Crippen LogP contribution < -0.4 is 19.8 Å². The van der Waals surface area contributed by atoms with Crippen molar-refractivity contribution in [2.75, 3.05) is 18.6 Å². The van der Waals surface area contributed by atoms with Crippen molar-refractivity contribution >= 4 is 45.8 Å². The average Bonchev–Trinajstić information content (AvgIpc) is 3.49. The number of thiazole rings is 1. The summed E-state index contributed by atoms with van der Waals surface area (Å²) in [5.41, 5.74) is 2.41. The Morgan fingerprint density at radius 2 is 1.97 bits per heavy atom. The van der Waals surface area contributed by atoms with Crippen LogP contribution in [0.2, 0.25) is 0 Å². The molecule has 162 valence electrons. The first kappa shape index (κ1) is 20.6. The van der Waals surface area contributed by atoms with E-state index in [0.29, 0.717) is 32.7 Å². The Hall–Kier alpha value is -3.30. The molecule has 3 aromatic rings. The third-order valence-corrected chi connectivity index (χ3v) is 7.66. The van der Waals surface area contributed by atoms with Crippen molar-refractivity contribution in [3.8, 4) is 0 Å². The molecule has 0 radical (unpaired) electrons. The fourth-order valence-electron chi connectivity index (χ4n) is 4.27. The maximum atomic E-state index is 13.8. The van der Waals surface area contributed by atoms with Crippen LogP contribution in [-0.4, -0.2) is 30.1 Å². The quantitative estimate of drug-likeness (QED) is 0.556. The van der Waals surface area contributed by atoms with Crippen molar-refractivity contribution in [2.45, 2.75) is 19.9 Å². The maximum absolute atomic E-state index is 13.8. The van der Waals surface area contributed by atoms with Crippen molar-refractivity contribution in [2.24, 2.45) is 4.99 Å². The van der Waals surface area contributed by atoms with Crippen LogP contribution in [0.3, 0.4) is 0 Å². The topological polar surface area (TPSA) is 81.0 Å². The number of nitrogens with zero attached hydrogens (tertiary/aromatic N) is 3. The highest BCUT2D eigenvalue weighted by molar-refractivity contribution is 7.10. The van der Waals surface area contributed by atoms with E-state index in [4.69, 9.17) is 4.74 Å². The second-order valence-corrected chi connectivity index (χ2v) is 9.31. The van der Waals surface area contributed by atoms with Crippen LogP contribution in [0.25, 0.3) is 5.57 Å². The monoisotopic (exact) mass is 465 g/mol. The average molecular weight is 466 g/mol. The van der Waals surface area contributed by atoms with Gasteiger partial charge in [0.25, 0.3) is 11.5 Å². The van der Waals surface area contributed by atoms with Gasteiger partial charge < -0.3 is 9.64 Å². The lowest BCUT2D eigenvalue weighted by atomic mass is 10.0. The van der Waals surface area contributed by atoms with E-state index in [0.717, 1.165) is 16.1 Å². The molecule has 0 saturated heterocycles. The summed E-state index contributed by atoms with van der Waals surface area (Å²) in [5.74, 6) is -0.724. The standard InChI is InChI=1S/C23H19N3O4S2/c1-4-25-14-9-6-5-8-13(14)17(20(25)27)19-21(28)26-18(15-10-7-11-31-15)16(22(29)30-3)12(2)24-23(26)32-19/h5-11,18H,4H2,1-3H3/b19-17-/t18-/m1/s1. The minimum atomic E-state index is -0.651. The summed E-state index contributed by atoms with van der Waals surface area (Å²) in [4.78, 5) is 47.2. The van der Waals surface area contributed by atoms with Crippen LogP contribution in [0.4, 0.5) is 5.69 Å². The smallest absolute Gasteiger partial charge is 0.338 e. The van der Waals surface area contributed by atoms with Gasteiger partial charge in [-0.05, 0) is 31.4 Å². The summed E-state index contributed by atoms with van der Waals surface area (Å²) in [6, 6.07) is 10.6. The first-order valence-electron chi connectivity index (χ1n) is 10.1. The molecule has 0 N–H and O–H groups in total. The van der Waals surface area contributed by atoms with Crippen LogP contribution in [0, 0.1) is 0 Å². The third kappa shape index (κ3) is 2.85. The number of thiophene rings is 1. The van der Waals surface area contributed by atoms with Gasteiger partial charge in [0.15, 0.2) is 4.80 Å². The summed E-state index contributed by atoms with van der Waals surface area (Å²) in [5, 5.41) is 1.90. The Morgan fingerprint density at radius 1 is 1.19 bits per heavy atom. The SMILES string of the molecule is CCN1C(=O)/C(=c2\sc3n(c2=O)[C@H](c2cccs2)C(C(=O)OC)=C(C)N=3)c2ccccc21. The van der Waals surface area contributed by atoms with Gasteiger partial charge in [0.1, 0.15) is 10.6 Å². The molecule has 0 spiro atoms. The summed E-state index contributed by atoms with van der Waals surface area (Å²) in [6.45, 7) is 4.14. The molecule has 1 aromatic carbocycles. The maximum Gasteiger partial charge on any atom is 0.338 e. The Morgan fingerprint density at radius 3 is 2.66 bits per heavy atom. The molecule has 0 bridgehead atoms. The van der Waals surface area contributed by atoms with E-state index < -0.39 is 12.0 Å². The van der Waals surface area contributed by atoms with Gasteiger partial charge in [-0.15, -0.1) is 11.3 Å². The Balaban J connectivity index is 1.85. The molecule has 0 unspecified atom stereocenters. The third-order valence-electron chi connectivity index (χ3n) is 5.68. The van der Waals surface area contributed by atoms with Gasteiger partial charge in [0.05, 0.1) is 29.6 Å². The molecule has 2 aliphatic heterocycles. The number of aromatic nitrogens is 1. The van der Waals surface area contributed by atoms with Crippen molar-refractivity contribution in [3.05, 3.63) is 83.2 Å². The predicted octanol–water partition coefficient (Wildman–Crippen LogP) is 2.21. The van der Waals surface area contributed by atoms with Gasteiger partial charge in [0, 0.05) is 17.0 Å². The zero-order valence-electron chi connectivity index (χ0n) is 17.6. The molecule has 5 rings (SSSR count). The van der Waals surface area contributed by atoms with Gasteiger partial charge in [-0.25, -0.2) is 9.79 Å². The molecule has 2 aliphatic rings. The van der Waals surface area contributed by atoms with Crippen molar-refractivity contribution in [1.82, 2.24) is 4.57 Å². The van der Waals surface area contributed by atoms with E-state index in [1.807, 2.05) is 48.7 Å². The number of hydrogen-bond acceptors (Lipinski definition) is 7. The summed E-state index contributed by atoms with van der Waals surface area (Å²) in [6.07, 6.45) is 0. The Bertz CT molecular complexity index is 1480. The summed E-state index contributed by atoms with van der Waals surface area (Å²) in [7, 11) is 1.31. The first-order valence-corrected chi connectivity index (χ1v) is 11.8. The Kier molecular flexibility index (Phi) is 4.94. The highest BCUT2D eigenvalue weighted by Crippen LogP contribution is 2.36. The van der Waals surface area contributed by atoms with E-state index >= 15 is 0 Å². The molecule has 2 aromatic heterocycles. The minimum absolute atomic E-state index is 0.199. The molecule has 4 heterocycles. The number of para-hydroxylation sites is 1. The van der Waals surface area contributed by atoms with E-state index in [1.54, 1.807) is 11.8 Å². The number of likely N-dealkylation sites (N-methyl/N-ethyl adjacent to an activating group) is 1. The minimum Gasteiger partial charge on any atom is -0.466 e. The number of carbonyl (C=O) groups is 2. The van der Waals surface area contributed by atoms with Gasteiger partial charge in [-0.3, -0.25) is 14.2 Å². The predicted molar refractivity (Wildman–Crippen MR) is 124 cm³/mol. The van der Waals surface area contributed by atoms with E-state index in [-0.39, 0.29) is 11.5 Å². The van der Waals surface area contributed by atoms with Crippen molar-refractivity contribution < 1.29 is 14.3 Å². The van der Waals surface area contributed by atoms with Crippen LogP contribution >= 0.6 is 22.7 Å². The summed E-state index contributed by atoms with van der Waals surface area (Å²) < 4.78 is 6.86. The molecule has 9 heteroatoms. The number of carbonyl (C=O) groups excluding carboxylic acids is 2. The molecule has 0 aliphatic carbocycles. The molecular formula is C23H19N3O4S2. The lowest BCUT2D eigenvalue weighted by Crippen LogP contribution is -2.40. The second-order valence-electron chi connectivity index (χ2n) is 7.35. The first-order chi connectivity index (χ1) is 15.5. The molecular weight excluding hydrogens is 446 g/mol. The molecule has 1 atom stereocenters. The molecule has 0 saturated carbocycles. The largest absolute Gasteiger partial charge is 0.466 e. The summed E-state index contributed by atoms with van der Waals surface area (Å²) >= 11 is 2.63. The van der Waals surface area contributed by atoms with Crippen LogP contribution in [0.1, 0.15) is 30.3 Å². The normalized spacial score (nSPS) is 19.0. The van der Waals surface area contributed by atoms with E-state index in [1.165, 1.54) is 34.4 Å². The zero-order valence-corrected chi connectivity index (χ0v) is 19.3. The zero-order chi connectivity index (χ0) is 22.6. The number of allylic oxidation sites excluding steroid dienone is 1. The number of benzene rings is 1. The van der Waals surface area contributed by atoms with Gasteiger partial charge in [-0.2, -0.15) is 0 Å². The fraction of sp³-hybridized carbons (Fsp3) is 0.217. The van der Waals surface area contributed by atoms with Crippen molar-refractivity contribution in [1.29, 1.82) is 0 Å². The molecule has 1 amide bonds. The van der Waals surface area contributed by atoms with E-state index in [9.17, 15) is 14.4 Å². The molecule has 0 fully saturated rings. The molecule has 32 heavy (non-hydrogen) atoms. The van der Waals surface area contributed by atoms with Gasteiger partial charge in [-0.1, -0.05) is 35.6 Å². The number of esters is 1. The lowest BCUT2D eigenvalue weighted by molar-refractivity contribution is -0.136. The number of rotatable bonds is 3. The number of ether oxygens (including phenoxy) is 1. The van der Waals surface area contributed by atoms with Gasteiger partial charge >= 0.3 is 5.97 Å².